The molecule has 0 N–H and O–H groups in total. The molecule has 9 heteroatoms. The van der Waals surface area contributed by atoms with Gasteiger partial charge >= 0.3 is 11.9 Å². The van der Waals surface area contributed by atoms with Gasteiger partial charge in [-0.05, 0) is 50.2 Å². The number of hydrogen-bond donors (Lipinski definition) is 0. The minimum Gasteiger partial charge on any atom is -0.451 e. The SMILES string of the molecule is CCN(C(=O)COC(=O)c1cccc(C(=O)OCC(=O)N(CC)c2ccccc2)n1)c1ccccc1. The maximum atomic E-state index is 12.5. The first-order chi connectivity index (χ1) is 17.4. The van der Waals surface area contributed by atoms with Gasteiger partial charge in [0.25, 0.3) is 11.8 Å². The second kappa shape index (κ2) is 12.8. The Kier molecular flexibility index (Phi) is 9.27. The van der Waals surface area contributed by atoms with Gasteiger partial charge in [-0.2, -0.15) is 0 Å². The molecule has 0 saturated carbocycles. The van der Waals surface area contributed by atoms with Gasteiger partial charge < -0.3 is 19.3 Å². The summed E-state index contributed by atoms with van der Waals surface area (Å²) in [6.07, 6.45) is 0. The smallest absolute Gasteiger partial charge is 0.357 e. The lowest BCUT2D eigenvalue weighted by Crippen LogP contribution is -2.35. The average molecular weight is 490 g/mol. The van der Waals surface area contributed by atoms with Crippen molar-refractivity contribution >= 4 is 35.1 Å². The van der Waals surface area contributed by atoms with E-state index < -0.39 is 37.0 Å². The Hall–Kier alpha value is -4.53. The molecule has 1 heterocycles. The second-order valence-electron chi connectivity index (χ2n) is 7.51. The van der Waals surface area contributed by atoms with Crippen molar-refractivity contribution in [3.8, 4) is 0 Å². The van der Waals surface area contributed by atoms with Gasteiger partial charge in [-0.1, -0.05) is 42.5 Å². The van der Waals surface area contributed by atoms with Gasteiger partial charge in [-0.25, -0.2) is 14.6 Å². The summed E-state index contributed by atoms with van der Waals surface area (Å²) in [5.41, 5.74) is 1.05. The number of benzene rings is 2. The zero-order valence-electron chi connectivity index (χ0n) is 20.1. The Morgan fingerprint density at radius 3 is 1.36 bits per heavy atom. The first-order valence-corrected chi connectivity index (χ1v) is 11.5. The molecular formula is C27H27N3O6. The highest BCUT2D eigenvalue weighted by molar-refractivity contribution is 5.98. The lowest BCUT2D eigenvalue weighted by atomic mass is 10.3. The maximum Gasteiger partial charge on any atom is 0.357 e. The van der Waals surface area contributed by atoms with Gasteiger partial charge in [-0.15, -0.1) is 0 Å². The molecule has 0 aliphatic heterocycles. The Bertz CT molecular complexity index is 1110. The summed E-state index contributed by atoms with van der Waals surface area (Å²) in [6, 6.07) is 22.2. The van der Waals surface area contributed by atoms with Crippen molar-refractivity contribution in [1.82, 2.24) is 4.98 Å². The van der Waals surface area contributed by atoms with Crippen molar-refractivity contribution in [2.45, 2.75) is 13.8 Å². The number of anilines is 2. The fourth-order valence-corrected chi connectivity index (χ4v) is 3.44. The Morgan fingerprint density at radius 2 is 1.00 bits per heavy atom. The molecule has 0 aliphatic rings. The molecule has 0 fully saturated rings. The van der Waals surface area contributed by atoms with Gasteiger partial charge in [0.1, 0.15) is 11.4 Å². The quantitative estimate of drug-likeness (QED) is 0.401. The Morgan fingerprint density at radius 1 is 0.611 bits per heavy atom. The third-order valence-corrected chi connectivity index (χ3v) is 5.19. The summed E-state index contributed by atoms with van der Waals surface area (Å²) in [4.78, 5) is 56.9. The highest BCUT2D eigenvalue weighted by Crippen LogP contribution is 2.14. The van der Waals surface area contributed by atoms with Gasteiger partial charge in [0, 0.05) is 24.5 Å². The predicted octanol–water partition coefficient (Wildman–Crippen LogP) is 3.50. The fraction of sp³-hybridized carbons (Fsp3) is 0.222. The number of pyridine rings is 1. The molecule has 186 valence electrons. The molecule has 2 amide bonds. The number of nitrogens with zero attached hydrogens (tertiary/aromatic N) is 3. The number of carbonyl (C=O) groups is 4. The molecule has 0 spiro atoms. The van der Waals surface area contributed by atoms with E-state index in [4.69, 9.17) is 9.47 Å². The van der Waals surface area contributed by atoms with Gasteiger partial charge in [0.2, 0.25) is 0 Å². The van der Waals surface area contributed by atoms with Crippen LogP contribution in [0, 0.1) is 0 Å². The number of likely N-dealkylation sites (N-methyl/N-ethyl adjacent to an activating group) is 2. The molecule has 3 rings (SSSR count). The highest BCUT2D eigenvalue weighted by Gasteiger charge is 2.20. The summed E-state index contributed by atoms with van der Waals surface area (Å²) in [6.45, 7) is 3.45. The number of carbonyl (C=O) groups excluding carboxylic acids is 4. The first kappa shape index (κ1) is 26.1. The van der Waals surface area contributed by atoms with Crippen molar-refractivity contribution in [2.75, 3.05) is 36.1 Å². The minimum atomic E-state index is -0.862. The van der Waals surface area contributed by atoms with E-state index in [1.807, 2.05) is 26.0 Å². The molecule has 0 radical (unpaired) electrons. The fourth-order valence-electron chi connectivity index (χ4n) is 3.44. The van der Waals surface area contributed by atoms with E-state index in [-0.39, 0.29) is 11.4 Å². The van der Waals surface area contributed by atoms with E-state index in [0.29, 0.717) is 24.5 Å². The molecule has 36 heavy (non-hydrogen) atoms. The van der Waals surface area contributed by atoms with Gasteiger partial charge in [-0.3, -0.25) is 9.59 Å². The van der Waals surface area contributed by atoms with Gasteiger partial charge in [0.15, 0.2) is 13.2 Å². The molecule has 0 aliphatic carbocycles. The molecule has 0 unspecified atom stereocenters. The van der Waals surface area contributed by atoms with Crippen LogP contribution in [0.1, 0.15) is 34.8 Å². The van der Waals surface area contributed by atoms with Crippen LogP contribution < -0.4 is 9.80 Å². The standard InChI is InChI=1S/C27H27N3O6/c1-3-29(20-12-7-5-8-13-20)24(31)18-35-26(33)22-16-11-17-23(28-22)27(34)36-19-25(32)30(4-2)21-14-9-6-10-15-21/h5-17H,3-4,18-19H2,1-2H3. The minimum absolute atomic E-state index is 0.161. The van der Waals surface area contributed by atoms with Crippen LogP contribution in [-0.4, -0.2) is 55.0 Å². The van der Waals surface area contributed by atoms with Crippen molar-refractivity contribution < 1.29 is 28.7 Å². The zero-order valence-corrected chi connectivity index (χ0v) is 20.1. The third kappa shape index (κ3) is 6.75. The number of ether oxygens (including phenoxy) is 2. The highest BCUT2D eigenvalue weighted by atomic mass is 16.5. The number of aromatic nitrogens is 1. The van der Waals surface area contributed by atoms with Crippen molar-refractivity contribution in [1.29, 1.82) is 0 Å². The molecule has 0 saturated heterocycles. The second-order valence-corrected chi connectivity index (χ2v) is 7.51. The number of para-hydroxylation sites is 2. The lowest BCUT2D eigenvalue weighted by molar-refractivity contribution is -0.122. The number of hydrogen-bond acceptors (Lipinski definition) is 7. The average Bonchev–Trinajstić information content (AvgIpc) is 2.92. The van der Waals surface area contributed by atoms with Crippen LogP contribution in [0.5, 0.6) is 0 Å². The first-order valence-electron chi connectivity index (χ1n) is 11.5. The van der Waals surface area contributed by atoms with E-state index in [1.54, 1.807) is 48.5 Å². The lowest BCUT2D eigenvalue weighted by Gasteiger charge is -2.20. The summed E-state index contributed by atoms with van der Waals surface area (Å²) in [7, 11) is 0. The summed E-state index contributed by atoms with van der Waals surface area (Å²) >= 11 is 0. The Balaban J connectivity index is 1.57. The maximum absolute atomic E-state index is 12.5. The number of esters is 2. The van der Waals surface area contributed by atoms with Crippen molar-refractivity contribution in [3.05, 3.63) is 90.3 Å². The summed E-state index contributed by atoms with van der Waals surface area (Å²) in [5, 5.41) is 0. The van der Waals surface area contributed by atoms with Crippen LogP contribution in [0.3, 0.4) is 0 Å². The van der Waals surface area contributed by atoms with Crippen LogP contribution >= 0.6 is 0 Å². The van der Waals surface area contributed by atoms with Crippen LogP contribution in [0.25, 0.3) is 0 Å². The van der Waals surface area contributed by atoms with Crippen LogP contribution in [0.2, 0.25) is 0 Å². The molecule has 3 aromatic rings. The van der Waals surface area contributed by atoms with E-state index in [2.05, 4.69) is 4.98 Å². The Labute approximate surface area is 209 Å². The van der Waals surface area contributed by atoms with Crippen molar-refractivity contribution in [2.24, 2.45) is 0 Å². The van der Waals surface area contributed by atoms with Crippen molar-refractivity contribution in [3.63, 3.8) is 0 Å². The van der Waals surface area contributed by atoms with Crippen LogP contribution in [-0.2, 0) is 19.1 Å². The van der Waals surface area contributed by atoms with E-state index in [0.717, 1.165) is 0 Å². The summed E-state index contributed by atoms with van der Waals surface area (Å²) in [5.74, 6) is -2.52. The van der Waals surface area contributed by atoms with E-state index >= 15 is 0 Å². The van der Waals surface area contributed by atoms with E-state index in [9.17, 15) is 19.2 Å². The largest absolute Gasteiger partial charge is 0.451 e. The van der Waals surface area contributed by atoms with Crippen LogP contribution in [0.15, 0.2) is 78.9 Å². The monoisotopic (exact) mass is 489 g/mol. The molecule has 1 aromatic heterocycles. The van der Waals surface area contributed by atoms with Gasteiger partial charge in [0.05, 0.1) is 0 Å². The number of amides is 2. The molecule has 2 aromatic carbocycles. The zero-order chi connectivity index (χ0) is 25.9. The normalized spacial score (nSPS) is 10.3. The molecule has 9 nitrogen and oxygen atoms in total. The molecule has 0 atom stereocenters. The number of rotatable bonds is 10. The predicted molar refractivity (Wildman–Crippen MR) is 134 cm³/mol. The molecule has 0 bridgehead atoms. The molecular weight excluding hydrogens is 462 g/mol. The third-order valence-electron chi connectivity index (χ3n) is 5.19. The topological polar surface area (TPSA) is 106 Å². The summed E-state index contributed by atoms with van der Waals surface area (Å²) < 4.78 is 10.2. The van der Waals surface area contributed by atoms with E-state index in [1.165, 1.54) is 28.0 Å². The van der Waals surface area contributed by atoms with Crippen LogP contribution in [0.4, 0.5) is 11.4 Å².